The van der Waals surface area contributed by atoms with Crippen LogP contribution in [0, 0.1) is 6.92 Å². The van der Waals surface area contributed by atoms with Crippen LogP contribution in [-0.4, -0.2) is 50.2 Å². The Hall–Kier alpha value is -1.40. The fourth-order valence-corrected chi connectivity index (χ4v) is 3.84. The summed E-state index contributed by atoms with van der Waals surface area (Å²) in [6.07, 6.45) is 0.554. The molecular formula is C14H20N2O3S. The van der Waals surface area contributed by atoms with Gasteiger partial charge in [0.1, 0.15) is 6.04 Å². The monoisotopic (exact) mass is 296 g/mol. The third kappa shape index (κ3) is 3.02. The lowest BCUT2D eigenvalue weighted by atomic mass is 10.2. The van der Waals surface area contributed by atoms with E-state index in [1.165, 1.54) is 11.4 Å². The highest BCUT2D eigenvalue weighted by Crippen LogP contribution is 2.20. The van der Waals surface area contributed by atoms with Crippen LogP contribution in [0.5, 0.6) is 0 Å². The number of rotatable bonds is 4. The second kappa shape index (κ2) is 5.54. The molecule has 1 saturated heterocycles. The summed E-state index contributed by atoms with van der Waals surface area (Å²) in [5, 5.41) is 0. The Labute approximate surface area is 120 Å². The SMILES string of the molecule is Cc1cccc(CS(=O)(=O)N(C)C2CCN(C)C2=O)c1. The predicted molar refractivity (Wildman–Crippen MR) is 77.6 cm³/mol. The van der Waals surface area contributed by atoms with Gasteiger partial charge in [-0.3, -0.25) is 4.79 Å². The molecular weight excluding hydrogens is 276 g/mol. The number of nitrogens with zero attached hydrogens (tertiary/aromatic N) is 2. The van der Waals surface area contributed by atoms with Gasteiger partial charge in [0.2, 0.25) is 15.9 Å². The van der Waals surface area contributed by atoms with Gasteiger partial charge < -0.3 is 4.90 Å². The number of amides is 1. The van der Waals surface area contributed by atoms with Crippen LogP contribution >= 0.6 is 0 Å². The molecule has 1 atom stereocenters. The van der Waals surface area contributed by atoms with Gasteiger partial charge >= 0.3 is 0 Å². The summed E-state index contributed by atoms with van der Waals surface area (Å²) in [7, 11) is -0.293. The van der Waals surface area contributed by atoms with Crippen molar-refractivity contribution >= 4 is 15.9 Å². The number of aryl methyl sites for hydroxylation is 1. The zero-order chi connectivity index (χ0) is 14.9. The zero-order valence-electron chi connectivity index (χ0n) is 12.0. The number of likely N-dealkylation sites (tertiary alicyclic amines) is 1. The first-order chi connectivity index (χ1) is 9.31. The first kappa shape index (κ1) is 15.0. The van der Waals surface area contributed by atoms with Crippen LogP contribution in [-0.2, 0) is 20.6 Å². The molecule has 1 heterocycles. The topological polar surface area (TPSA) is 57.7 Å². The molecule has 20 heavy (non-hydrogen) atoms. The van der Waals surface area contributed by atoms with Crippen LogP contribution in [0.2, 0.25) is 0 Å². The molecule has 5 nitrogen and oxygen atoms in total. The molecule has 0 N–H and O–H groups in total. The molecule has 0 spiro atoms. The number of sulfonamides is 1. The van der Waals surface area contributed by atoms with E-state index in [2.05, 4.69) is 0 Å². The first-order valence-electron chi connectivity index (χ1n) is 6.57. The van der Waals surface area contributed by atoms with Gasteiger partial charge in [-0.1, -0.05) is 29.8 Å². The van der Waals surface area contributed by atoms with Crippen molar-refractivity contribution in [2.75, 3.05) is 20.6 Å². The van der Waals surface area contributed by atoms with Crippen molar-refractivity contribution in [2.24, 2.45) is 0 Å². The molecule has 0 aromatic heterocycles. The Morgan fingerprint density at radius 1 is 1.40 bits per heavy atom. The quantitative estimate of drug-likeness (QED) is 0.832. The fourth-order valence-electron chi connectivity index (χ4n) is 2.45. The van der Waals surface area contributed by atoms with Crippen LogP contribution in [0.3, 0.4) is 0 Å². The largest absolute Gasteiger partial charge is 0.344 e. The average molecular weight is 296 g/mol. The Bertz CT molecular complexity index is 613. The van der Waals surface area contributed by atoms with Crippen molar-refractivity contribution < 1.29 is 13.2 Å². The lowest BCUT2D eigenvalue weighted by molar-refractivity contribution is -0.129. The summed E-state index contributed by atoms with van der Waals surface area (Å²) in [4.78, 5) is 13.5. The van der Waals surface area contributed by atoms with E-state index in [9.17, 15) is 13.2 Å². The first-order valence-corrected chi connectivity index (χ1v) is 8.18. The molecule has 110 valence electrons. The van der Waals surface area contributed by atoms with E-state index in [0.717, 1.165) is 11.1 Å². The smallest absolute Gasteiger partial charge is 0.240 e. The summed E-state index contributed by atoms with van der Waals surface area (Å²) in [5.41, 5.74) is 1.77. The third-order valence-corrected chi connectivity index (χ3v) is 5.54. The standard InChI is InChI=1S/C14H20N2O3S/c1-11-5-4-6-12(9-11)10-20(18,19)16(3)13-7-8-15(2)14(13)17/h4-6,9,13H,7-8,10H2,1-3H3. The maximum absolute atomic E-state index is 12.4. The van der Waals surface area contributed by atoms with E-state index in [0.29, 0.717) is 13.0 Å². The maximum atomic E-state index is 12.4. The maximum Gasteiger partial charge on any atom is 0.240 e. The lowest BCUT2D eigenvalue weighted by Crippen LogP contribution is -2.42. The van der Waals surface area contributed by atoms with Gasteiger partial charge in [0.25, 0.3) is 0 Å². The fraction of sp³-hybridized carbons (Fsp3) is 0.500. The molecule has 1 aromatic rings. The molecule has 1 aliphatic rings. The number of hydrogen-bond donors (Lipinski definition) is 0. The Kier molecular flexibility index (Phi) is 4.15. The van der Waals surface area contributed by atoms with Crippen LogP contribution in [0.15, 0.2) is 24.3 Å². The molecule has 6 heteroatoms. The lowest BCUT2D eigenvalue weighted by Gasteiger charge is -2.22. The van der Waals surface area contributed by atoms with E-state index in [-0.39, 0.29) is 11.7 Å². The van der Waals surface area contributed by atoms with Crippen LogP contribution < -0.4 is 0 Å². The normalized spacial score (nSPS) is 19.9. The molecule has 0 saturated carbocycles. The molecule has 1 aromatic carbocycles. The van der Waals surface area contributed by atoms with E-state index in [1.807, 2.05) is 25.1 Å². The van der Waals surface area contributed by atoms with Crippen LogP contribution in [0.4, 0.5) is 0 Å². The molecule has 0 radical (unpaired) electrons. The number of carbonyl (C=O) groups excluding carboxylic acids is 1. The highest BCUT2D eigenvalue weighted by molar-refractivity contribution is 7.88. The minimum absolute atomic E-state index is 0.0708. The highest BCUT2D eigenvalue weighted by atomic mass is 32.2. The van der Waals surface area contributed by atoms with E-state index < -0.39 is 16.1 Å². The highest BCUT2D eigenvalue weighted by Gasteiger charge is 2.37. The van der Waals surface area contributed by atoms with E-state index in [1.54, 1.807) is 18.0 Å². The summed E-state index contributed by atoms with van der Waals surface area (Å²) in [6.45, 7) is 2.53. The zero-order valence-corrected chi connectivity index (χ0v) is 12.9. The predicted octanol–water partition coefficient (Wildman–Crippen LogP) is 0.987. The van der Waals surface area contributed by atoms with Gasteiger partial charge in [-0.15, -0.1) is 0 Å². The van der Waals surface area contributed by atoms with Crippen molar-refractivity contribution in [1.82, 2.24) is 9.21 Å². The van der Waals surface area contributed by atoms with Crippen molar-refractivity contribution in [3.63, 3.8) is 0 Å². The number of carbonyl (C=O) groups is 1. The second-order valence-corrected chi connectivity index (χ2v) is 7.35. The van der Waals surface area contributed by atoms with E-state index in [4.69, 9.17) is 0 Å². The van der Waals surface area contributed by atoms with Crippen molar-refractivity contribution in [2.45, 2.75) is 25.1 Å². The molecule has 1 fully saturated rings. The van der Waals surface area contributed by atoms with Gasteiger partial charge in [-0.2, -0.15) is 4.31 Å². The second-order valence-electron chi connectivity index (χ2n) is 5.33. The molecule has 0 aliphatic carbocycles. The molecule has 1 amide bonds. The minimum Gasteiger partial charge on any atom is -0.344 e. The summed E-state index contributed by atoms with van der Waals surface area (Å²) in [5.74, 6) is -0.195. The Morgan fingerprint density at radius 2 is 2.10 bits per heavy atom. The van der Waals surface area contributed by atoms with E-state index >= 15 is 0 Å². The molecule has 1 aliphatic heterocycles. The Morgan fingerprint density at radius 3 is 2.65 bits per heavy atom. The molecule has 1 unspecified atom stereocenters. The number of likely N-dealkylation sites (N-methyl/N-ethyl adjacent to an activating group) is 2. The van der Waals surface area contributed by atoms with Crippen molar-refractivity contribution in [3.05, 3.63) is 35.4 Å². The Balaban J connectivity index is 2.16. The van der Waals surface area contributed by atoms with Gasteiger partial charge in [0.15, 0.2) is 0 Å². The number of hydrogen-bond acceptors (Lipinski definition) is 3. The van der Waals surface area contributed by atoms with Crippen LogP contribution in [0.25, 0.3) is 0 Å². The molecule has 0 bridgehead atoms. The average Bonchev–Trinajstić information content (AvgIpc) is 2.68. The summed E-state index contributed by atoms with van der Waals surface area (Å²) < 4.78 is 26.0. The van der Waals surface area contributed by atoms with Crippen molar-refractivity contribution in [1.29, 1.82) is 0 Å². The summed E-state index contributed by atoms with van der Waals surface area (Å²) in [6, 6.07) is 6.86. The molecule has 2 rings (SSSR count). The number of benzene rings is 1. The van der Waals surface area contributed by atoms with Crippen molar-refractivity contribution in [3.8, 4) is 0 Å². The van der Waals surface area contributed by atoms with Crippen LogP contribution in [0.1, 0.15) is 17.5 Å². The third-order valence-electron chi connectivity index (χ3n) is 3.71. The van der Waals surface area contributed by atoms with Gasteiger partial charge in [0, 0.05) is 20.6 Å². The van der Waals surface area contributed by atoms with Gasteiger partial charge in [0.05, 0.1) is 5.75 Å². The van der Waals surface area contributed by atoms with Gasteiger partial charge in [-0.05, 0) is 18.9 Å². The minimum atomic E-state index is -3.48. The summed E-state index contributed by atoms with van der Waals surface area (Å²) >= 11 is 0. The van der Waals surface area contributed by atoms with Gasteiger partial charge in [-0.25, -0.2) is 8.42 Å².